The highest BCUT2D eigenvalue weighted by molar-refractivity contribution is 5.11. The molecular formula is C13H23N3. The van der Waals surface area contributed by atoms with Gasteiger partial charge in [0.05, 0.1) is 0 Å². The molecule has 2 N–H and O–H groups in total. The Labute approximate surface area is 98.4 Å². The van der Waals surface area contributed by atoms with Crippen molar-refractivity contribution in [1.29, 1.82) is 0 Å². The molecule has 0 aliphatic heterocycles. The molecule has 0 fully saturated rings. The zero-order valence-corrected chi connectivity index (χ0v) is 10.4. The number of hydrogen-bond donors (Lipinski definition) is 1. The van der Waals surface area contributed by atoms with Crippen molar-refractivity contribution in [2.75, 3.05) is 0 Å². The quantitative estimate of drug-likeness (QED) is 0.568. The van der Waals surface area contributed by atoms with Crippen molar-refractivity contribution >= 4 is 0 Å². The Bertz CT molecular complexity index is 315. The van der Waals surface area contributed by atoms with Crippen LogP contribution in [0.3, 0.4) is 0 Å². The molecule has 0 saturated heterocycles. The van der Waals surface area contributed by atoms with E-state index in [1.54, 1.807) is 0 Å². The van der Waals surface area contributed by atoms with Crippen molar-refractivity contribution < 1.29 is 0 Å². The maximum absolute atomic E-state index is 5.94. The first-order valence-electron chi connectivity index (χ1n) is 6.09. The van der Waals surface area contributed by atoms with E-state index < -0.39 is 0 Å². The van der Waals surface area contributed by atoms with Crippen LogP contribution in [-0.2, 0) is 6.54 Å². The zero-order valence-electron chi connectivity index (χ0n) is 10.4. The van der Waals surface area contributed by atoms with Crippen molar-refractivity contribution in [3.63, 3.8) is 0 Å². The topological polar surface area (TPSA) is 43.8 Å². The summed E-state index contributed by atoms with van der Waals surface area (Å²) in [6, 6.07) is 0.0600. The Hall–Kier alpha value is -1.09. The van der Waals surface area contributed by atoms with Gasteiger partial charge < -0.3 is 10.3 Å². The van der Waals surface area contributed by atoms with E-state index in [4.69, 9.17) is 5.73 Å². The Morgan fingerprint density at radius 2 is 2.31 bits per heavy atom. The van der Waals surface area contributed by atoms with E-state index in [1.165, 1.54) is 19.3 Å². The fraction of sp³-hybridized carbons (Fsp3) is 0.615. The van der Waals surface area contributed by atoms with E-state index in [1.807, 2.05) is 25.4 Å². The van der Waals surface area contributed by atoms with E-state index in [9.17, 15) is 0 Å². The molecule has 0 aliphatic carbocycles. The summed E-state index contributed by atoms with van der Waals surface area (Å²) in [5, 5.41) is 0. The Morgan fingerprint density at radius 1 is 1.56 bits per heavy atom. The van der Waals surface area contributed by atoms with Gasteiger partial charge in [0.25, 0.3) is 0 Å². The van der Waals surface area contributed by atoms with Crippen molar-refractivity contribution in [2.24, 2.45) is 5.73 Å². The number of nitrogens with zero attached hydrogens (tertiary/aromatic N) is 2. The van der Waals surface area contributed by atoms with E-state index in [2.05, 4.69) is 23.1 Å². The van der Waals surface area contributed by atoms with Crippen molar-refractivity contribution in [2.45, 2.75) is 51.6 Å². The lowest BCUT2D eigenvalue weighted by Crippen LogP contribution is -2.25. The average Bonchev–Trinajstić information content (AvgIpc) is 2.68. The van der Waals surface area contributed by atoms with E-state index in [0.29, 0.717) is 0 Å². The molecule has 16 heavy (non-hydrogen) atoms. The highest BCUT2D eigenvalue weighted by Crippen LogP contribution is 2.18. The van der Waals surface area contributed by atoms with E-state index >= 15 is 0 Å². The molecule has 0 aromatic carbocycles. The largest absolute Gasteiger partial charge is 0.334 e. The number of hydrogen-bond acceptors (Lipinski definition) is 2. The second-order valence-electron chi connectivity index (χ2n) is 4.31. The number of aromatic nitrogens is 2. The lowest BCUT2D eigenvalue weighted by Gasteiger charge is -2.18. The molecule has 2 unspecified atom stereocenters. The summed E-state index contributed by atoms with van der Waals surface area (Å²) >= 11 is 0. The molecule has 1 aromatic heterocycles. The van der Waals surface area contributed by atoms with Crippen LogP contribution >= 0.6 is 0 Å². The third-order valence-electron chi connectivity index (χ3n) is 2.87. The normalized spacial score (nSPS) is 14.7. The molecule has 0 amide bonds. The van der Waals surface area contributed by atoms with Crippen LogP contribution in [0, 0.1) is 0 Å². The second kappa shape index (κ2) is 6.48. The van der Waals surface area contributed by atoms with Gasteiger partial charge >= 0.3 is 0 Å². The van der Waals surface area contributed by atoms with Gasteiger partial charge in [0.2, 0.25) is 0 Å². The predicted octanol–water partition coefficient (Wildman–Crippen LogP) is 2.69. The summed E-state index contributed by atoms with van der Waals surface area (Å²) in [7, 11) is 0. The van der Waals surface area contributed by atoms with Crippen LogP contribution in [-0.4, -0.2) is 15.6 Å². The van der Waals surface area contributed by atoms with Crippen molar-refractivity contribution in [3.05, 3.63) is 30.9 Å². The minimum absolute atomic E-state index is 0.0600. The highest BCUT2D eigenvalue weighted by atomic mass is 15.1. The van der Waals surface area contributed by atoms with Gasteiger partial charge in [-0.2, -0.15) is 0 Å². The molecule has 3 heteroatoms. The van der Waals surface area contributed by atoms with Gasteiger partial charge in [-0.3, -0.25) is 0 Å². The summed E-state index contributed by atoms with van der Waals surface area (Å²) in [6.45, 7) is 9.08. The summed E-state index contributed by atoms with van der Waals surface area (Å²) in [5.74, 6) is 1.19. The minimum atomic E-state index is 0.0600. The molecule has 3 nitrogen and oxygen atoms in total. The third-order valence-corrected chi connectivity index (χ3v) is 2.87. The number of imidazole rings is 1. The molecule has 0 aliphatic rings. The summed E-state index contributed by atoms with van der Waals surface area (Å²) in [5.41, 5.74) is 5.94. The van der Waals surface area contributed by atoms with Crippen LogP contribution in [0.1, 0.15) is 44.9 Å². The molecule has 1 heterocycles. The van der Waals surface area contributed by atoms with Gasteiger partial charge in [0, 0.05) is 30.9 Å². The molecule has 0 spiro atoms. The first-order chi connectivity index (χ1) is 7.70. The molecule has 1 rings (SSSR count). The predicted molar refractivity (Wildman–Crippen MR) is 68.3 cm³/mol. The van der Waals surface area contributed by atoms with E-state index in [0.717, 1.165) is 12.4 Å². The molecule has 2 atom stereocenters. The summed E-state index contributed by atoms with van der Waals surface area (Å²) in [6.07, 6.45) is 9.47. The van der Waals surface area contributed by atoms with Crippen LogP contribution in [0.15, 0.2) is 25.0 Å². The average molecular weight is 221 g/mol. The van der Waals surface area contributed by atoms with Crippen molar-refractivity contribution in [1.82, 2.24) is 9.55 Å². The minimum Gasteiger partial charge on any atom is -0.334 e. The molecule has 1 aromatic rings. The van der Waals surface area contributed by atoms with Crippen LogP contribution in [0.25, 0.3) is 0 Å². The first-order valence-corrected chi connectivity index (χ1v) is 6.09. The second-order valence-corrected chi connectivity index (χ2v) is 4.31. The summed E-state index contributed by atoms with van der Waals surface area (Å²) in [4.78, 5) is 4.40. The molecule has 0 saturated carbocycles. The summed E-state index contributed by atoms with van der Waals surface area (Å²) < 4.78 is 2.20. The standard InChI is InChI=1S/C13H23N3/c1-4-6-7-9-16-10-8-15-13(16)12(5-2)11(3)14/h5,8,10-12H,2,4,6-7,9,14H2,1,3H3. The number of nitrogens with two attached hydrogens (primary N) is 1. The van der Waals surface area contributed by atoms with Gasteiger partial charge in [-0.25, -0.2) is 4.98 Å². The Balaban J connectivity index is 2.72. The van der Waals surface area contributed by atoms with Crippen LogP contribution in [0.5, 0.6) is 0 Å². The SMILES string of the molecule is C=CC(c1nccn1CCCCC)C(C)N. The fourth-order valence-corrected chi connectivity index (χ4v) is 1.89. The van der Waals surface area contributed by atoms with Gasteiger partial charge in [0.15, 0.2) is 0 Å². The number of aryl methyl sites for hydroxylation is 1. The molecule has 0 bridgehead atoms. The molecule has 0 radical (unpaired) electrons. The Kier molecular flexibility index (Phi) is 5.26. The maximum Gasteiger partial charge on any atom is 0.117 e. The monoisotopic (exact) mass is 221 g/mol. The zero-order chi connectivity index (χ0) is 12.0. The van der Waals surface area contributed by atoms with Gasteiger partial charge in [-0.05, 0) is 13.3 Å². The molecular weight excluding hydrogens is 198 g/mol. The smallest absolute Gasteiger partial charge is 0.117 e. The van der Waals surface area contributed by atoms with Gasteiger partial charge in [0.1, 0.15) is 5.82 Å². The van der Waals surface area contributed by atoms with Gasteiger partial charge in [-0.1, -0.05) is 25.8 Å². The molecule has 90 valence electrons. The van der Waals surface area contributed by atoms with E-state index in [-0.39, 0.29) is 12.0 Å². The first kappa shape index (κ1) is 13.0. The van der Waals surface area contributed by atoms with Gasteiger partial charge in [-0.15, -0.1) is 6.58 Å². The van der Waals surface area contributed by atoms with Crippen LogP contribution in [0.2, 0.25) is 0 Å². The third kappa shape index (κ3) is 3.20. The lowest BCUT2D eigenvalue weighted by molar-refractivity contribution is 0.540. The Morgan fingerprint density at radius 3 is 2.88 bits per heavy atom. The number of unbranched alkanes of at least 4 members (excludes halogenated alkanes) is 2. The maximum atomic E-state index is 5.94. The number of rotatable bonds is 7. The van der Waals surface area contributed by atoms with Crippen LogP contribution in [0.4, 0.5) is 0 Å². The fourth-order valence-electron chi connectivity index (χ4n) is 1.89. The van der Waals surface area contributed by atoms with Crippen LogP contribution < -0.4 is 5.73 Å². The van der Waals surface area contributed by atoms with Crippen molar-refractivity contribution in [3.8, 4) is 0 Å². The lowest BCUT2D eigenvalue weighted by atomic mass is 10.0. The highest BCUT2D eigenvalue weighted by Gasteiger charge is 2.17.